The molecule has 1 aromatic carbocycles. The number of nitrogens with two attached hydrogens (primary N) is 1. The van der Waals surface area contributed by atoms with E-state index in [0.29, 0.717) is 0 Å². The van der Waals surface area contributed by atoms with Crippen LogP contribution in [0.2, 0.25) is 0 Å². The smallest absolute Gasteiger partial charge is 0.0387 e. The van der Waals surface area contributed by atoms with Gasteiger partial charge in [0, 0.05) is 5.69 Å². The van der Waals surface area contributed by atoms with Gasteiger partial charge >= 0.3 is 0 Å². The minimum absolute atomic E-state index is 0.834. The Morgan fingerprint density at radius 1 is 1.17 bits per heavy atom. The summed E-state index contributed by atoms with van der Waals surface area (Å²) in [6, 6.07) is 7.80. The van der Waals surface area contributed by atoms with E-state index in [1.165, 1.54) is 0 Å². The summed E-state index contributed by atoms with van der Waals surface area (Å²) < 4.78 is 0. The molecule has 0 spiro atoms. The first-order valence-corrected chi connectivity index (χ1v) is 4.32. The van der Waals surface area contributed by atoms with Crippen LogP contribution in [0.5, 0.6) is 0 Å². The molecule has 0 aromatic heterocycles. The normalized spacial score (nSPS) is 9.25. The lowest BCUT2D eigenvalue weighted by Gasteiger charge is -1.96. The zero-order valence-electron chi connectivity index (χ0n) is 8.04. The van der Waals surface area contributed by atoms with Crippen molar-refractivity contribution in [1.29, 1.82) is 0 Å². The van der Waals surface area contributed by atoms with E-state index >= 15 is 0 Å². The molecule has 1 aromatic rings. The van der Waals surface area contributed by atoms with Gasteiger partial charge in [0.1, 0.15) is 0 Å². The fraction of sp³-hybridized carbons (Fsp3) is 0.273. The molecule has 0 saturated heterocycles. The van der Waals surface area contributed by atoms with Crippen molar-refractivity contribution in [1.82, 2.24) is 0 Å². The van der Waals surface area contributed by atoms with Crippen LogP contribution in [0.1, 0.15) is 26.3 Å². The highest BCUT2D eigenvalue weighted by Gasteiger charge is 1.88. The van der Waals surface area contributed by atoms with Gasteiger partial charge in [-0.25, -0.2) is 0 Å². The summed E-state index contributed by atoms with van der Waals surface area (Å²) in [5, 5.41) is 0. The highest BCUT2D eigenvalue weighted by atomic mass is 14.5. The maximum atomic E-state index is 5.66. The Morgan fingerprint density at radius 3 is 2.25 bits per heavy atom. The lowest BCUT2D eigenvalue weighted by atomic mass is 10.2. The van der Waals surface area contributed by atoms with Crippen molar-refractivity contribution >= 4 is 11.8 Å². The maximum Gasteiger partial charge on any atom is 0.0387 e. The molecule has 0 saturated carbocycles. The first-order chi connectivity index (χ1) is 5.84. The van der Waals surface area contributed by atoms with Crippen molar-refractivity contribution in [3.05, 3.63) is 35.9 Å². The number of rotatable bonds is 1. The summed E-state index contributed by atoms with van der Waals surface area (Å²) >= 11 is 0. The molecular formula is C11H17N. The number of anilines is 1. The van der Waals surface area contributed by atoms with E-state index in [1.54, 1.807) is 0 Å². The average molecular weight is 163 g/mol. The first-order valence-electron chi connectivity index (χ1n) is 4.32. The third kappa shape index (κ3) is 3.24. The van der Waals surface area contributed by atoms with Gasteiger partial charge in [0.05, 0.1) is 0 Å². The number of para-hydroxylation sites is 1. The number of nitrogen functional groups attached to an aromatic ring is 1. The van der Waals surface area contributed by atoms with Crippen molar-refractivity contribution in [3.63, 3.8) is 0 Å². The predicted octanol–water partition coefficient (Wildman–Crippen LogP) is 3.33. The van der Waals surface area contributed by atoms with E-state index in [9.17, 15) is 0 Å². The van der Waals surface area contributed by atoms with E-state index in [2.05, 4.69) is 0 Å². The Balaban J connectivity index is 0.000000561. The van der Waals surface area contributed by atoms with Crippen molar-refractivity contribution in [2.45, 2.75) is 20.8 Å². The summed E-state index contributed by atoms with van der Waals surface area (Å²) in [4.78, 5) is 0. The van der Waals surface area contributed by atoms with Crippen LogP contribution in [-0.4, -0.2) is 0 Å². The van der Waals surface area contributed by atoms with Gasteiger partial charge in [0.25, 0.3) is 0 Å². The van der Waals surface area contributed by atoms with Gasteiger partial charge in [-0.1, -0.05) is 44.2 Å². The Kier molecular flexibility index (Phi) is 5.80. The third-order valence-corrected chi connectivity index (χ3v) is 1.34. The summed E-state index contributed by atoms with van der Waals surface area (Å²) in [7, 11) is 0. The highest BCUT2D eigenvalue weighted by molar-refractivity contribution is 5.63. The summed E-state index contributed by atoms with van der Waals surface area (Å²) in [5.74, 6) is 0. The highest BCUT2D eigenvalue weighted by Crippen LogP contribution is 2.11. The molecule has 1 nitrogen and oxygen atoms in total. The lowest BCUT2D eigenvalue weighted by molar-refractivity contribution is 1.50. The van der Waals surface area contributed by atoms with E-state index in [-0.39, 0.29) is 0 Å². The van der Waals surface area contributed by atoms with Crippen LogP contribution in [0, 0.1) is 0 Å². The molecule has 66 valence electrons. The minimum atomic E-state index is 0.834. The standard InChI is InChI=1S/C9H11N.C2H6/c1-2-5-8-6-3-4-7-9(8)10;1-2/h2-7H,10H2,1H3;1-2H3/b5-2+;. The Morgan fingerprint density at radius 2 is 1.75 bits per heavy atom. The van der Waals surface area contributed by atoms with Crippen molar-refractivity contribution in [2.24, 2.45) is 0 Å². The molecule has 0 bridgehead atoms. The molecule has 0 amide bonds. The minimum Gasteiger partial charge on any atom is -0.398 e. The maximum absolute atomic E-state index is 5.66. The zero-order chi connectivity index (χ0) is 9.40. The third-order valence-electron chi connectivity index (χ3n) is 1.34. The topological polar surface area (TPSA) is 26.0 Å². The van der Waals surface area contributed by atoms with Gasteiger partial charge < -0.3 is 5.73 Å². The number of hydrogen-bond donors (Lipinski definition) is 1. The quantitative estimate of drug-likeness (QED) is 0.631. The Bertz CT molecular complexity index is 239. The van der Waals surface area contributed by atoms with Gasteiger partial charge in [-0.05, 0) is 18.6 Å². The van der Waals surface area contributed by atoms with E-state index in [4.69, 9.17) is 5.73 Å². The molecule has 12 heavy (non-hydrogen) atoms. The molecule has 0 heterocycles. The van der Waals surface area contributed by atoms with E-state index in [0.717, 1.165) is 11.3 Å². The molecule has 0 aliphatic rings. The van der Waals surface area contributed by atoms with Crippen LogP contribution in [-0.2, 0) is 0 Å². The van der Waals surface area contributed by atoms with Crippen molar-refractivity contribution < 1.29 is 0 Å². The summed E-state index contributed by atoms with van der Waals surface area (Å²) in [6.07, 6.45) is 3.97. The lowest BCUT2D eigenvalue weighted by Crippen LogP contribution is -1.86. The monoisotopic (exact) mass is 163 g/mol. The molecule has 0 radical (unpaired) electrons. The molecule has 1 rings (SSSR count). The van der Waals surface area contributed by atoms with Crippen molar-refractivity contribution in [3.8, 4) is 0 Å². The van der Waals surface area contributed by atoms with Gasteiger partial charge in [0.15, 0.2) is 0 Å². The fourth-order valence-corrected chi connectivity index (χ4v) is 0.842. The SMILES string of the molecule is C/C=C/c1ccccc1N.CC. The van der Waals surface area contributed by atoms with Crippen LogP contribution in [0.4, 0.5) is 5.69 Å². The van der Waals surface area contributed by atoms with Crippen molar-refractivity contribution in [2.75, 3.05) is 5.73 Å². The van der Waals surface area contributed by atoms with Crippen LogP contribution >= 0.6 is 0 Å². The second kappa shape index (κ2) is 6.47. The molecule has 0 aliphatic heterocycles. The molecular weight excluding hydrogens is 146 g/mol. The van der Waals surface area contributed by atoms with Crippen LogP contribution in [0.3, 0.4) is 0 Å². The van der Waals surface area contributed by atoms with Crippen LogP contribution < -0.4 is 5.73 Å². The molecule has 0 aliphatic carbocycles. The van der Waals surface area contributed by atoms with E-state index in [1.807, 2.05) is 57.2 Å². The zero-order valence-corrected chi connectivity index (χ0v) is 8.04. The van der Waals surface area contributed by atoms with Gasteiger partial charge in [-0.2, -0.15) is 0 Å². The second-order valence-electron chi connectivity index (χ2n) is 2.13. The molecule has 1 heteroatoms. The summed E-state index contributed by atoms with van der Waals surface area (Å²) in [5.41, 5.74) is 7.58. The number of allylic oxidation sites excluding steroid dienone is 1. The molecule has 0 atom stereocenters. The average Bonchev–Trinajstić information content (AvgIpc) is 2.13. The Labute approximate surface area is 74.9 Å². The molecule has 0 fully saturated rings. The second-order valence-corrected chi connectivity index (χ2v) is 2.13. The first kappa shape index (κ1) is 10.8. The fourth-order valence-electron chi connectivity index (χ4n) is 0.842. The van der Waals surface area contributed by atoms with Crippen LogP contribution in [0.25, 0.3) is 6.08 Å². The largest absolute Gasteiger partial charge is 0.398 e. The number of benzene rings is 1. The molecule has 0 unspecified atom stereocenters. The summed E-state index contributed by atoms with van der Waals surface area (Å²) in [6.45, 7) is 5.98. The number of hydrogen-bond acceptors (Lipinski definition) is 1. The predicted molar refractivity (Wildman–Crippen MR) is 56.9 cm³/mol. The van der Waals surface area contributed by atoms with Crippen LogP contribution in [0.15, 0.2) is 30.3 Å². The van der Waals surface area contributed by atoms with Gasteiger partial charge in [-0.3, -0.25) is 0 Å². The van der Waals surface area contributed by atoms with E-state index < -0.39 is 0 Å². The van der Waals surface area contributed by atoms with Gasteiger partial charge in [0.2, 0.25) is 0 Å². The molecule has 2 N–H and O–H groups in total. The Hall–Kier alpha value is -1.24. The van der Waals surface area contributed by atoms with Gasteiger partial charge in [-0.15, -0.1) is 0 Å².